The molecular formula is C22H19N5OS. The number of nitrogens with one attached hydrogen (secondary N) is 2. The first-order chi connectivity index (χ1) is 14.0. The molecule has 1 amide bonds. The van der Waals surface area contributed by atoms with E-state index in [2.05, 4.69) is 16.4 Å². The van der Waals surface area contributed by atoms with E-state index in [9.17, 15) is 4.79 Å². The molecule has 29 heavy (non-hydrogen) atoms. The molecule has 3 heterocycles. The molecule has 1 aromatic carbocycles. The van der Waals surface area contributed by atoms with Gasteiger partial charge < -0.3 is 5.32 Å². The monoisotopic (exact) mass is 401 g/mol. The maximum Gasteiger partial charge on any atom is 0.232 e. The Hall–Kier alpha value is -3.50. The maximum atomic E-state index is 12.9. The van der Waals surface area contributed by atoms with Crippen molar-refractivity contribution in [2.75, 3.05) is 0 Å². The number of hydrogen-bond acceptors (Lipinski definition) is 5. The van der Waals surface area contributed by atoms with Crippen LogP contribution in [0.4, 0.5) is 0 Å². The number of carbonyl (C=O) groups excluding carboxylic acids is 1. The average molecular weight is 401 g/mol. The van der Waals surface area contributed by atoms with Crippen LogP contribution in [-0.4, -0.2) is 21.8 Å². The van der Waals surface area contributed by atoms with Gasteiger partial charge in [0, 0.05) is 17.3 Å². The predicted octanol–water partition coefficient (Wildman–Crippen LogP) is 3.85. The lowest BCUT2D eigenvalue weighted by Crippen LogP contribution is -2.58. The van der Waals surface area contributed by atoms with E-state index in [4.69, 9.17) is 10.7 Å². The lowest BCUT2D eigenvalue weighted by atomic mass is 9.91. The molecule has 7 heteroatoms. The molecule has 1 saturated heterocycles. The van der Waals surface area contributed by atoms with Crippen LogP contribution in [0.1, 0.15) is 29.3 Å². The van der Waals surface area contributed by atoms with Gasteiger partial charge in [-0.1, -0.05) is 12.1 Å². The van der Waals surface area contributed by atoms with Crippen LogP contribution in [0.3, 0.4) is 0 Å². The zero-order valence-electron chi connectivity index (χ0n) is 15.8. The fourth-order valence-corrected chi connectivity index (χ4v) is 4.46. The van der Waals surface area contributed by atoms with Crippen molar-refractivity contribution in [1.29, 1.82) is 10.7 Å². The zero-order chi connectivity index (χ0) is 20.4. The molecule has 2 N–H and O–H groups in total. The number of nitrogens with zero attached hydrogens (tertiary/aromatic N) is 3. The first-order valence-electron chi connectivity index (χ1n) is 9.14. The summed E-state index contributed by atoms with van der Waals surface area (Å²) in [5, 5.41) is 22.8. The summed E-state index contributed by atoms with van der Waals surface area (Å²) in [6.07, 6.45) is 3.62. The first-order valence-corrected chi connectivity index (χ1v) is 10.0. The molecule has 1 fully saturated rings. The van der Waals surface area contributed by atoms with Crippen LogP contribution in [0.5, 0.6) is 0 Å². The minimum Gasteiger partial charge on any atom is -0.345 e. The molecule has 0 radical (unpaired) electrons. The molecule has 0 spiro atoms. The van der Waals surface area contributed by atoms with Gasteiger partial charge in [0.25, 0.3) is 0 Å². The van der Waals surface area contributed by atoms with Crippen molar-refractivity contribution >= 4 is 23.2 Å². The zero-order valence-corrected chi connectivity index (χ0v) is 16.7. The van der Waals surface area contributed by atoms with Crippen LogP contribution in [0.2, 0.25) is 0 Å². The Labute approximate surface area is 173 Å². The minimum atomic E-state index is -0.640. The van der Waals surface area contributed by atoms with E-state index >= 15 is 0 Å². The van der Waals surface area contributed by atoms with Gasteiger partial charge in [0.15, 0.2) is 5.96 Å². The summed E-state index contributed by atoms with van der Waals surface area (Å²) in [5.74, 6) is 0.0106. The summed E-state index contributed by atoms with van der Waals surface area (Å²) < 4.78 is 0. The van der Waals surface area contributed by atoms with Crippen LogP contribution < -0.4 is 5.32 Å². The third-order valence-corrected chi connectivity index (χ3v) is 6.22. The summed E-state index contributed by atoms with van der Waals surface area (Å²) >= 11 is 1.55. The van der Waals surface area contributed by atoms with Crippen molar-refractivity contribution in [3.05, 3.63) is 76.2 Å². The van der Waals surface area contributed by atoms with E-state index in [1.54, 1.807) is 29.8 Å². The number of nitriles is 1. The summed E-state index contributed by atoms with van der Waals surface area (Å²) in [6, 6.07) is 15.3. The van der Waals surface area contributed by atoms with Crippen molar-refractivity contribution in [3.8, 4) is 17.2 Å². The Morgan fingerprint density at radius 1 is 1.28 bits per heavy atom. The Kier molecular flexibility index (Phi) is 4.87. The number of carbonyl (C=O) groups is 1. The molecule has 144 valence electrons. The van der Waals surface area contributed by atoms with Gasteiger partial charge in [-0.3, -0.25) is 20.1 Å². The normalized spacial score (nSPS) is 19.0. The van der Waals surface area contributed by atoms with Crippen LogP contribution in [-0.2, 0) is 16.9 Å². The van der Waals surface area contributed by atoms with Crippen molar-refractivity contribution in [1.82, 2.24) is 15.2 Å². The predicted molar refractivity (Wildman–Crippen MR) is 112 cm³/mol. The molecule has 4 rings (SSSR count). The van der Waals surface area contributed by atoms with Gasteiger partial charge in [-0.25, -0.2) is 0 Å². The molecule has 1 unspecified atom stereocenters. The highest BCUT2D eigenvalue weighted by Crippen LogP contribution is 2.36. The molecular weight excluding hydrogens is 382 g/mol. The lowest BCUT2D eigenvalue weighted by Gasteiger charge is -2.40. The van der Waals surface area contributed by atoms with Crippen LogP contribution in [0.15, 0.2) is 60.2 Å². The summed E-state index contributed by atoms with van der Waals surface area (Å²) in [4.78, 5) is 19.3. The number of amides is 1. The minimum absolute atomic E-state index is 0.0884. The van der Waals surface area contributed by atoms with Gasteiger partial charge in [-0.2, -0.15) is 5.26 Å². The number of thiophene rings is 1. The Morgan fingerprint density at radius 2 is 2.07 bits per heavy atom. The highest BCUT2D eigenvalue weighted by Gasteiger charge is 2.40. The van der Waals surface area contributed by atoms with E-state index < -0.39 is 5.54 Å². The third kappa shape index (κ3) is 3.75. The number of hydrogen-bond donors (Lipinski definition) is 2. The second-order valence-electron chi connectivity index (χ2n) is 7.21. The number of rotatable bonds is 4. The van der Waals surface area contributed by atoms with E-state index in [-0.39, 0.29) is 18.3 Å². The summed E-state index contributed by atoms with van der Waals surface area (Å²) in [7, 11) is 0. The molecule has 0 saturated carbocycles. The topological polar surface area (TPSA) is 92.9 Å². The number of benzene rings is 1. The van der Waals surface area contributed by atoms with E-state index in [1.807, 2.05) is 48.7 Å². The number of pyridine rings is 1. The van der Waals surface area contributed by atoms with E-state index in [1.165, 1.54) is 4.90 Å². The third-order valence-electron chi connectivity index (χ3n) is 5.03. The highest BCUT2D eigenvalue weighted by molar-refractivity contribution is 7.10. The highest BCUT2D eigenvalue weighted by atomic mass is 32.1. The molecule has 0 bridgehead atoms. The summed E-state index contributed by atoms with van der Waals surface area (Å²) in [5.41, 5.74) is 2.87. The quantitative estimate of drug-likeness (QED) is 0.694. The van der Waals surface area contributed by atoms with Gasteiger partial charge >= 0.3 is 0 Å². The molecule has 1 atom stereocenters. The Balaban J connectivity index is 1.55. The van der Waals surface area contributed by atoms with Gasteiger partial charge in [-0.05, 0) is 59.3 Å². The Morgan fingerprint density at radius 3 is 2.79 bits per heavy atom. The van der Waals surface area contributed by atoms with Crippen molar-refractivity contribution in [2.24, 2.45) is 0 Å². The number of guanidine groups is 1. The smallest absolute Gasteiger partial charge is 0.232 e. The fourth-order valence-electron chi connectivity index (χ4n) is 3.43. The molecule has 1 aliphatic heterocycles. The summed E-state index contributed by atoms with van der Waals surface area (Å²) in [6.45, 7) is 2.30. The molecule has 2 aromatic heterocycles. The standard InChI is InChI=1S/C22H19N5OS/c1-22(19-10-18(14-29-19)17-4-2-3-16(9-17)12-23)11-20(28)27(21(24)26-22)13-15-5-7-25-8-6-15/h2-10,14H,11,13H2,1H3,(H2,24,26). The largest absolute Gasteiger partial charge is 0.345 e. The van der Waals surface area contributed by atoms with E-state index in [0.29, 0.717) is 12.1 Å². The van der Waals surface area contributed by atoms with Crippen molar-refractivity contribution in [3.63, 3.8) is 0 Å². The van der Waals surface area contributed by atoms with Gasteiger partial charge in [0.2, 0.25) is 5.91 Å². The molecule has 6 nitrogen and oxygen atoms in total. The van der Waals surface area contributed by atoms with Crippen LogP contribution in [0.25, 0.3) is 11.1 Å². The van der Waals surface area contributed by atoms with Crippen molar-refractivity contribution in [2.45, 2.75) is 25.4 Å². The van der Waals surface area contributed by atoms with Crippen LogP contribution >= 0.6 is 11.3 Å². The van der Waals surface area contributed by atoms with Crippen molar-refractivity contribution < 1.29 is 4.79 Å². The van der Waals surface area contributed by atoms with Gasteiger partial charge in [-0.15, -0.1) is 11.3 Å². The second-order valence-corrected chi connectivity index (χ2v) is 8.12. The molecule has 0 aliphatic carbocycles. The van der Waals surface area contributed by atoms with Gasteiger partial charge in [0.05, 0.1) is 30.1 Å². The fraction of sp³-hybridized carbons (Fsp3) is 0.182. The SMILES string of the molecule is CC1(c2cc(-c3cccc(C#N)c3)cs2)CC(=O)N(Cc2ccncc2)C(=N)N1. The average Bonchev–Trinajstić information content (AvgIpc) is 3.23. The second kappa shape index (κ2) is 7.49. The van der Waals surface area contributed by atoms with Crippen LogP contribution in [0, 0.1) is 16.7 Å². The first kappa shape index (κ1) is 18.8. The van der Waals surface area contributed by atoms with E-state index in [0.717, 1.165) is 21.6 Å². The lowest BCUT2D eigenvalue weighted by molar-refractivity contribution is -0.131. The molecule has 3 aromatic rings. The van der Waals surface area contributed by atoms with Gasteiger partial charge in [0.1, 0.15) is 0 Å². The Bertz CT molecular complexity index is 1100. The number of aromatic nitrogens is 1. The maximum absolute atomic E-state index is 12.9. The molecule has 1 aliphatic rings.